The number of pyridine rings is 2. The van der Waals surface area contributed by atoms with Gasteiger partial charge in [0.1, 0.15) is 12.4 Å². The number of carbonyl (C=O) groups is 1. The molecule has 0 aliphatic heterocycles. The molecule has 0 saturated heterocycles. The van der Waals surface area contributed by atoms with Crippen molar-refractivity contribution >= 4 is 22.5 Å². The highest BCUT2D eigenvalue weighted by Crippen LogP contribution is 2.30. The Morgan fingerprint density at radius 3 is 2.80 bits per heavy atom. The number of fused-ring (bicyclic) bond motifs is 1. The van der Waals surface area contributed by atoms with E-state index in [0.717, 1.165) is 16.6 Å². The molecule has 3 aromatic rings. The second-order valence-electron chi connectivity index (χ2n) is 5.92. The number of hydrogen-bond acceptors (Lipinski definition) is 5. The number of nitrogen functional groups attached to an aromatic ring is 1. The molecule has 6 heteroatoms. The third kappa shape index (κ3) is 3.85. The first-order chi connectivity index (χ1) is 12.0. The van der Waals surface area contributed by atoms with Gasteiger partial charge in [-0.15, -0.1) is 0 Å². The molecule has 0 spiro atoms. The molecule has 0 saturated carbocycles. The number of anilines is 1. The van der Waals surface area contributed by atoms with Crippen molar-refractivity contribution in [2.75, 3.05) is 12.3 Å². The van der Waals surface area contributed by atoms with Crippen molar-refractivity contribution < 1.29 is 9.53 Å². The fourth-order valence-corrected chi connectivity index (χ4v) is 2.61. The van der Waals surface area contributed by atoms with E-state index in [1.165, 1.54) is 0 Å². The number of ether oxygens (including phenoxy) is 1. The van der Waals surface area contributed by atoms with Gasteiger partial charge in [0, 0.05) is 29.3 Å². The van der Waals surface area contributed by atoms with Crippen LogP contribution in [0.25, 0.3) is 10.9 Å². The minimum atomic E-state index is -0.171. The molecule has 2 aromatic heterocycles. The average Bonchev–Trinajstić information content (AvgIpc) is 2.60. The van der Waals surface area contributed by atoms with Crippen LogP contribution in [0.1, 0.15) is 23.0 Å². The third-order valence-corrected chi connectivity index (χ3v) is 3.76. The molecule has 1 amide bonds. The van der Waals surface area contributed by atoms with E-state index in [0.29, 0.717) is 23.6 Å². The summed E-state index contributed by atoms with van der Waals surface area (Å²) >= 11 is 0. The van der Waals surface area contributed by atoms with Crippen molar-refractivity contribution in [3.63, 3.8) is 0 Å². The summed E-state index contributed by atoms with van der Waals surface area (Å²) in [6, 6.07) is 10.6. The zero-order valence-corrected chi connectivity index (χ0v) is 14.2. The van der Waals surface area contributed by atoms with Gasteiger partial charge >= 0.3 is 0 Å². The molecular formula is C19H20N4O2. The lowest BCUT2D eigenvalue weighted by Gasteiger charge is -2.16. The second-order valence-corrected chi connectivity index (χ2v) is 5.92. The zero-order valence-electron chi connectivity index (χ0n) is 14.2. The molecule has 0 aliphatic rings. The summed E-state index contributed by atoms with van der Waals surface area (Å²) in [5.41, 5.74) is 8.98. The zero-order chi connectivity index (χ0) is 17.8. The monoisotopic (exact) mass is 336 g/mol. The number of aromatic nitrogens is 2. The van der Waals surface area contributed by atoms with Crippen LogP contribution >= 0.6 is 0 Å². The second kappa shape index (κ2) is 7.17. The average molecular weight is 336 g/mol. The van der Waals surface area contributed by atoms with Gasteiger partial charge in [-0.05, 0) is 44.2 Å². The van der Waals surface area contributed by atoms with Crippen LogP contribution < -0.4 is 15.8 Å². The summed E-state index contributed by atoms with van der Waals surface area (Å²) in [5.74, 6) is 0.501. The summed E-state index contributed by atoms with van der Waals surface area (Å²) in [5, 5.41) is 3.69. The number of hydrogen-bond donors (Lipinski definition) is 2. The SMILES string of the molecule is Cc1cc(N)c2c(OC[C@H](C)NC(=O)c3ccncc3)cccc2n1. The number of nitrogens with one attached hydrogen (secondary N) is 1. The topological polar surface area (TPSA) is 90.1 Å². The maximum Gasteiger partial charge on any atom is 0.251 e. The minimum absolute atomic E-state index is 0.159. The largest absolute Gasteiger partial charge is 0.491 e. The number of nitrogens with zero attached hydrogens (tertiary/aromatic N) is 2. The van der Waals surface area contributed by atoms with Gasteiger partial charge in [0.2, 0.25) is 0 Å². The van der Waals surface area contributed by atoms with Crippen LogP contribution in [0.5, 0.6) is 5.75 Å². The van der Waals surface area contributed by atoms with Crippen LogP contribution in [0.2, 0.25) is 0 Å². The first kappa shape index (κ1) is 16.7. The van der Waals surface area contributed by atoms with Gasteiger partial charge in [-0.3, -0.25) is 14.8 Å². The molecule has 3 N–H and O–H groups in total. The summed E-state index contributed by atoms with van der Waals surface area (Å²) in [7, 11) is 0. The van der Waals surface area contributed by atoms with E-state index in [2.05, 4.69) is 15.3 Å². The van der Waals surface area contributed by atoms with Gasteiger partial charge in [0.15, 0.2) is 0 Å². The molecule has 6 nitrogen and oxygen atoms in total. The number of aryl methyl sites for hydroxylation is 1. The summed E-state index contributed by atoms with van der Waals surface area (Å²) < 4.78 is 5.89. The number of carbonyl (C=O) groups excluding carboxylic acids is 1. The van der Waals surface area contributed by atoms with Crippen molar-refractivity contribution in [2.45, 2.75) is 19.9 Å². The van der Waals surface area contributed by atoms with E-state index in [9.17, 15) is 4.79 Å². The van der Waals surface area contributed by atoms with Crippen molar-refractivity contribution in [3.8, 4) is 5.75 Å². The molecule has 0 aliphatic carbocycles. The molecule has 0 unspecified atom stereocenters. The summed E-state index contributed by atoms with van der Waals surface area (Å²) in [6.07, 6.45) is 3.17. The number of rotatable bonds is 5. The van der Waals surface area contributed by atoms with E-state index in [-0.39, 0.29) is 11.9 Å². The van der Waals surface area contributed by atoms with Gasteiger partial charge in [-0.25, -0.2) is 0 Å². The predicted molar refractivity (Wildman–Crippen MR) is 97.6 cm³/mol. The Morgan fingerprint density at radius 2 is 2.04 bits per heavy atom. The van der Waals surface area contributed by atoms with Crippen LogP contribution in [0, 0.1) is 6.92 Å². The lowest BCUT2D eigenvalue weighted by Crippen LogP contribution is -2.36. The van der Waals surface area contributed by atoms with E-state index in [1.807, 2.05) is 38.1 Å². The summed E-state index contributed by atoms with van der Waals surface area (Å²) in [4.78, 5) is 20.5. The highest BCUT2D eigenvalue weighted by Gasteiger charge is 2.12. The normalized spacial score (nSPS) is 11.9. The first-order valence-electron chi connectivity index (χ1n) is 8.04. The number of amides is 1. The molecule has 128 valence electrons. The Morgan fingerprint density at radius 1 is 1.28 bits per heavy atom. The van der Waals surface area contributed by atoms with Crippen LogP contribution in [0.3, 0.4) is 0 Å². The lowest BCUT2D eigenvalue weighted by molar-refractivity contribution is 0.0927. The predicted octanol–water partition coefficient (Wildman–Crippen LogP) is 2.72. The molecular weight excluding hydrogens is 316 g/mol. The van der Waals surface area contributed by atoms with Gasteiger partial charge in [0.05, 0.1) is 16.9 Å². The number of benzene rings is 1. The van der Waals surface area contributed by atoms with Crippen LogP contribution in [-0.2, 0) is 0 Å². The van der Waals surface area contributed by atoms with E-state index >= 15 is 0 Å². The van der Waals surface area contributed by atoms with Gasteiger partial charge in [-0.1, -0.05) is 6.07 Å². The Bertz CT molecular complexity index is 897. The third-order valence-electron chi connectivity index (χ3n) is 3.76. The van der Waals surface area contributed by atoms with E-state index in [4.69, 9.17) is 10.5 Å². The van der Waals surface area contributed by atoms with Gasteiger partial charge in [-0.2, -0.15) is 0 Å². The molecule has 1 aromatic carbocycles. The number of nitrogens with two attached hydrogens (primary N) is 1. The Hall–Kier alpha value is -3.15. The molecule has 1 atom stereocenters. The van der Waals surface area contributed by atoms with E-state index < -0.39 is 0 Å². The maximum atomic E-state index is 12.1. The molecule has 2 heterocycles. The van der Waals surface area contributed by atoms with Crippen molar-refractivity contribution in [1.82, 2.24) is 15.3 Å². The molecule has 0 radical (unpaired) electrons. The molecule has 0 fully saturated rings. The Kier molecular flexibility index (Phi) is 4.79. The van der Waals surface area contributed by atoms with Crippen molar-refractivity contribution in [2.24, 2.45) is 0 Å². The van der Waals surface area contributed by atoms with Gasteiger partial charge < -0.3 is 15.8 Å². The lowest BCUT2D eigenvalue weighted by atomic mass is 10.1. The van der Waals surface area contributed by atoms with Crippen LogP contribution in [-0.4, -0.2) is 28.5 Å². The quantitative estimate of drug-likeness (QED) is 0.747. The standard InChI is InChI=1S/C19H20N4O2/c1-12-10-15(20)18-16(22-12)4-3-5-17(18)25-11-13(2)23-19(24)14-6-8-21-9-7-14/h3-10,13H,11H2,1-2H3,(H2,20,22)(H,23,24)/t13-/m0/s1. The van der Waals surface area contributed by atoms with Gasteiger partial charge in [0.25, 0.3) is 5.91 Å². The molecule has 0 bridgehead atoms. The molecule has 3 rings (SSSR count). The smallest absolute Gasteiger partial charge is 0.251 e. The van der Waals surface area contributed by atoms with Crippen molar-refractivity contribution in [1.29, 1.82) is 0 Å². The van der Waals surface area contributed by atoms with E-state index in [1.54, 1.807) is 24.5 Å². The first-order valence-corrected chi connectivity index (χ1v) is 8.04. The minimum Gasteiger partial charge on any atom is -0.491 e. The molecule has 25 heavy (non-hydrogen) atoms. The highest BCUT2D eigenvalue weighted by atomic mass is 16.5. The fourth-order valence-electron chi connectivity index (χ4n) is 2.61. The van der Waals surface area contributed by atoms with Crippen LogP contribution in [0.15, 0.2) is 48.8 Å². The van der Waals surface area contributed by atoms with Crippen LogP contribution in [0.4, 0.5) is 5.69 Å². The fraction of sp³-hybridized carbons (Fsp3) is 0.211. The summed E-state index contributed by atoms with van der Waals surface area (Å²) in [6.45, 7) is 4.11. The van der Waals surface area contributed by atoms with Crippen molar-refractivity contribution in [3.05, 3.63) is 60.0 Å². The Balaban J connectivity index is 1.69. The highest BCUT2D eigenvalue weighted by molar-refractivity contribution is 5.95. The maximum absolute atomic E-state index is 12.1. The Labute approximate surface area is 146 Å².